The van der Waals surface area contributed by atoms with Gasteiger partial charge in [0.1, 0.15) is 71.3 Å². The van der Waals surface area contributed by atoms with Gasteiger partial charge in [-0.25, -0.2) is 9.59 Å². The monoisotopic (exact) mass is 1420 g/mol. The molecule has 0 fully saturated rings. The first-order valence-corrected chi connectivity index (χ1v) is 32.1. The maximum absolute atomic E-state index is 14.1. The molecule has 35 heteroatoms. The molecular formula is C67H81N11O24. The molecule has 11 amide bonds. The lowest BCUT2D eigenvalue weighted by atomic mass is 9.77. The van der Waals surface area contributed by atoms with E-state index in [1.807, 2.05) is 0 Å². The number of amides is 11. The largest absolute Gasteiger partial charge is 0.508 e. The summed E-state index contributed by atoms with van der Waals surface area (Å²) >= 11 is 0. The fraction of sp³-hybridized carbons (Fsp3) is 0.418. The molecule has 9 atom stereocenters. The highest BCUT2D eigenvalue weighted by molar-refractivity contribution is 6.02. The number of carbonyl (C=O) groups excluding carboxylic acids is 11. The van der Waals surface area contributed by atoms with Crippen molar-refractivity contribution in [1.82, 2.24) is 47.9 Å². The van der Waals surface area contributed by atoms with Crippen LogP contribution < -0.4 is 63.6 Å². The Kier molecular flexibility index (Phi) is 27.7. The third-order valence-electron chi connectivity index (χ3n) is 16.0. The molecular weight excluding hydrogens is 1340 g/mol. The number of carboxylic acids is 4. The summed E-state index contributed by atoms with van der Waals surface area (Å²) in [5, 5.41) is 93.0. The Morgan fingerprint density at radius 1 is 0.490 bits per heavy atom. The summed E-state index contributed by atoms with van der Waals surface area (Å²) < 4.78 is 12.1. The number of urea groups is 1. The van der Waals surface area contributed by atoms with Crippen LogP contribution in [-0.4, -0.2) is 186 Å². The molecule has 2 aliphatic rings. The molecule has 102 heavy (non-hydrogen) atoms. The number of benzene rings is 4. The topological polar surface area (TPSA) is 562 Å². The lowest BCUT2D eigenvalue weighted by Crippen LogP contribution is -2.61. The maximum atomic E-state index is 14.1. The number of aromatic hydroxyl groups is 2. The van der Waals surface area contributed by atoms with Crippen molar-refractivity contribution in [3.8, 4) is 23.0 Å². The van der Waals surface area contributed by atoms with Crippen LogP contribution >= 0.6 is 0 Å². The van der Waals surface area contributed by atoms with E-state index in [0.717, 1.165) is 6.92 Å². The lowest BCUT2D eigenvalue weighted by molar-refractivity contribution is -0.142. The Morgan fingerprint density at radius 2 is 0.941 bits per heavy atom. The number of hydrogen-bond acceptors (Lipinski definition) is 20. The van der Waals surface area contributed by atoms with Gasteiger partial charge in [-0.1, -0.05) is 64.1 Å². The number of esters is 1. The van der Waals surface area contributed by atoms with Gasteiger partial charge in [0.25, 0.3) is 0 Å². The fourth-order valence-corrected chi connectivity index (χ4v) is 11.1. The normalized spacial score (nSPS) is 14.9. The number of phenolic OH excluding ortho intramolecular Hbond substituents is 2. The molecule has 0 aromatic heterocycles. The molecule has 0 unspecified atom stereocenters. The van der Waals surface area contributed by atoms with Gasteiger partial charge in [-0.05, 0) is 92.8 Å². The number of rotatable bonds is 37. The van der Waals surface area contributed by atoms with Crippen LogP contribution in [0.5, 0.6) is 23.0 Å². The number of anilines is 1. The molecule has 548 valence electrons. The minimum atomic E-state index is -2.08. The number of aliphatic hydroxyl groups excluding tert-OH is 1. The number of aliphatic carboxylic acids is 4. The van der Waals surface area contributed by atoms with Crippen LogP contribution in [0.4, 0.5) is 10.5 Å². The molecule has 1 spiro atoms. The molecule has 4 aromatic rings. The van der Waals surface area contributed by atoms with E-state index in [-0.39, 0.29) is 70.9 Å². The smallest absolute Gasteiger partial charge is 0.340 e. The van der Waals surface area contributed by atoms with E-state index in [9.17, 15) is 108 Å². The van der Waals surface area contributed by atoms with Gasteiger partial charge in [-0.3, -0.25) is 62.3 Å². The quantitative estimate of drug-likeness (QED) is 0.0263. The summed E-state index contributed by atoms with van der Waals surface area (Å²) in [7, 11) is 0. The molecule has 35 nitrogen and oxygen atoms in total. The zero-order chi connectivity index (χ0) is 75.4. The highest BCUT2D eigenvalue weighted by atomic mass is 16.6. The zero-order valence-corrected chi connectivity index (χ0v) is 55.9. The highest BCUT2D eigenvalue weighted by Crippen LogP contribution is 2.57. The van der Waals surface area contributed by atoms with E-state index in [0.29, 0.717) is 16.7 Å². The summed E-state index contributed by atoms with van der Waals surface area (Å²) in [6.45, 7) is 6.82. The Bertz CT molecular complexity index is 3810. The molecule has 4 aromatic carbocycles. The molecule has 0 bridgehead atoms. The Balaban J connectivity index is 1.13. The number of ether oxygens (including phenoxy) is 2. The second-order valence-corrected chi connectivity index (χ2v) is 25.1. The van der Waals surface area contributed by atoms with Gasteiger partial charge >= 0.3 is 35.9 Å². The summed E-state index contributed by atoms with van der Waals surface area (Å²) in [5.74, 6) is -18.2. The molecule has 6 rings (SSSR count). The van der Waals surface area contributed by atoms with Gasteiger partial charge in [0.2, 0.25) is 53.2 Å². The number of aliphatic hydroxyl groups is 1. The Morgan fingerprint density at radius 3 is 1.44 bits per heavy atom. The third-order valence-corrected chi connectivity index (χ3v) is 16.0. The lowest BCUT2D eigenvalue weighted by Gasteiger charge is -2.36. The van der Waals surface area contributed by atoms with Crippen molar-refractivity contribution in [3.63, 3.8) is 0 Å². The van der Waals surface area contributed by atoms with E-state index in [2.05, 4.69) is 53.2 Å². The number of carbonyl (C=O) groups is 15. The van der Waals surface area contributed by atoms with Crippen molar-refractivity contribution in [1.29, 1.82) is 0 Å². The van der Waals surface area contributed by atoms with Gasteiger partial charge < -0.3 is 104 Å². The van der Waals surface area contributed by atoms with Crippen molar-refractivity contribution >= 4 is 94.7 Å². The second-order valence-electron chi connectivity index (χ2n) is 25.1. The zero-order valence-electron chi connectivity index (χ0n) is 55.9. The number of hydrogen-bond donors (Lipinski definition) is 18. The van der Waals surface area contributed by atoms with E-state index < -0.39 is 201 Å². The highest BCUT2D eigenvalue weighted by Gasteiger charge is 2.54. The molecule has 0 radical (unpaired) electrons. The van der Waals surface area contributed by atoms with Crippen LogP contribution in [0.3, 0.4) is 0 Å². The molecule has 2 heterocycles. The van der Waals surface area contributed by atoms with Crippen LogP contribution in [-0.2, 0) is 79.1 Å². The van der Waals surface area contributed by atoms with Crippen molar-refractivity contribution in [2.45, 2.75) is 159 Å². The molecule has 2 aliphatic heterocycles. The third kappa shape index (κ3) is 22.0. The van der Waals surface area contributed by atoms with Crippen molar-refractivity contribution in [2.24, 2.45) is 17.6 Å². The first kappa shape index (κ1) is 79.1. The molecule has 0 aliphatic carbocycles. The maximum Gasteiger partial charge on any atom is 0.340 e. The van der Waals surface area contributed by atoms with E-state index >= 15 is 0 Å². The Hall–Kier alpha value is -11.9. The van der Waals surface area contributed by atoms with Gasteiger partial charge in [0.15, 0.2) is 5.60 Å². The molecule has 19 N–H and O–H groups in total. The first-order valence-electron chi connectivity index (χ1n) is 32.1. The average Bonchev–Trinajstić information content (AvgIpc) is 1.48. The van der Waals surface area contributed by atoms with Crippen molar-refractivity contribution in [3.05, 3.63) is 113 Å². The minimum absolute atomic E-state index is 0.000532. The van der Waals surface area contributed by atoms with Crippen LogP contribution in [0, 0.1) is 11.8 Å². The molecule has 0 saturated carbocycles. The van der Waals surface area contributed by atoms with E-state index in [1.165, 1.54) is 54.6 Å². The average molecular weight is 1420 g/mol. The van der Waals surface area contributed by atoms with E-state index in [4.69, 9.17) is 15.2 Å². The number of fused-ring (bicyclic) bond motifs is 6. The van der Waals surface area contributed by atoms with Crippen LogP contribution in [0.15, 0.2) is 84.9 Å². The predicted octanol–water partition coefficient (Wildman–Crippen LogP) is -0.0642. The number of primary amides is 1. The number of nitrogens with one attached hydrogen (secondary N) is 10. The van der Waals surface area contributed by atoms with Crippen molar-refractivity contribution in [2.75, 3.05) is 11.9 Å². The standard InChI is InChI=1S/C67H81N11O24/c1-31(2)23-45(57(68)91)74-62(96)47(25-34-9-7-6-8-10-34)75-58(92)42(17-20-52(83)84)71-51(82)30-69-64(98)56(33(5)79)78-60(94)44(19-22-54(87)88)72-59(93)43(18-21-53(85)86)73-63(97)48(29-55(89)90)76-61(95)46(24-32(3)4)77-66(100)70-35-11-14-39-38(26-35)65(99)102-67(39)40-15-12-36(80)27-49(40)101-50-28-37(81)13-16-41(50)67/h6-16,26-28,31-33,42-48,56,79-81H,17-25,29-30H2,1-5H3,(H2,68,91)(H,69,98)(H,71,82)(H,72,93)(H,73,97)(H,74,96)(H,75,92)(H,76,95)(H,78,94)(H,83,84)(H,85,86)(H,87,88)(H,89,90)(H2,70,77,100)/t33-,42+,43+,44+,45+,46+,47+,48+,56+/m1/s1. The number of nitrogens with two attached hydrogens (primary N) is 1. The van der Waals surface area contributed by atoms with E-state index in [1.54, 1.807) is 58.0 Å². The number of carboxylic acid groups (broad SMARTS) is 4. The van der Waals surface area contributed by atoms with Crippen LogP contribution in [0.25, 0.3) is 0 Å². The molecule has 0 saturated heterocycles. The van der Waals surface area contributed by atoms with Crippen LogP contribution in [0.1, 0.15) is 125 Å². The predicted molar refractivity (Wildman–Crippen MR) is 353 cm³/mol. The SMILES string of the molecule is CC(C)C[C@H](NC(=O)[C@H](Cc1ccccc1)NC(=O)[C@H](CCC(=O)O)NC(=O)CNC(=O)[C@@H](NC(=O)[C@H](CCC(=O)O)NC(=O)[C@H](CCC(=O)O)NC(=O)[C@H](CC(=O)O)NC(=O)[C@H](CC(C)C)NC(=O)Nc1ccc2c(c1)C(=O)OC21c2ccc(O)cc2Oc2cc(O)ccc21)[C@@H](C)O)C(N)=O. The Labute approximate surface area is 581 Å². The minimum Gasteiger partial charge on any atom is -0.508 e. The number of phenols is 2. The van der Waals surface area contributed by atoms with Gasteiger partial charge in [0, 0.05) is 60.2 Å². The fourth-order valence-electron chi connectivity index (χ4n) is 11.1. The van der Waals surface area contributed by atoms with Crippen molar-refractivity contribution < 1.29 is 117 Å². The first-order chi connectivity index (χ1) is 48.0. The summed E-state index contributed by atoms with van der Waals surface area (Å²) in [5.41, 5.74) is 5.32. The summed E-state index contributed by atoms with van der Waals surface area (Å²) in [6.07, 6.45) is -7.81. The van der Waals surface area contributed by atoms with Gasteiger partial charge in [-0.15, -0.1) is 0 Å². The second kappa shape index (κ2) is 35.7. The van der Waals surface area contributed by atoms with Gasteiger partial charge in [-0.2, -0.15) is 0 Å². The van der Waals surface area contributed by atoms with Crippen LogP contribution in [0.2, 0.25) is 0 Å². The van der Waals surface area contributed by atoms with Gasteiger partial charge in [0.05, 0.1) is 24.6 Å². The summed E-state index contributed by atoms with van der Waals surface area (Å²) in [6, 6.07) is 5.75. The summed E-state index contributed by atoms with van der Waals surface area (Å²) in [4.78, 5) is 198.